The number of carbonyl (C=O) groups is 2. The zero-order valence-electron chi connectivity index (χ0n) is 26.4. The molecular formula is C40H37BrN2O4. The van der Waals surface area contributed by atoms with Crippen LogP contribution in [0.15, 0.2) is 138 Å². The number of fused-ring (bicyclic) bond motifs is 1. The lowest BCUT2D eigenvalue weighted by Gasteiger charge is -2.38. The van der Waals surface area contributed by atoms with Crippen molar-refractivity contribution >= 4 is 33.5 Å². The van der Waals surface area contributed by atoms with Crippen molar-refractivity contribution in [2.24, 2.45) is 0 Å². The Morgan fingerprint density at radius 3 is 2.04 bits per heavy atom. The molecule has 0 aromatic heterocycles. The molecule has 6 rings (SSSR count). The van der Waals surface area contributed by atoms with Gasteiger partial charge in [0.05, 0.1) is 31.5 Å². The Labute approximate surface area is 284 Å². The lowest BCUT2D eigenvalue weighted by Crippen LogP contribution is -2.60. The molecule has 1 aliphatic rings. The molecule has 1 amide bonds. The van der Waals surface area contributed by atoms with Gasteiger partial charge in [-0.05, 0) is 53.8 Å². The van der Waals surface area contributed by atoms with Crippen LogP contribution in [0.4, 0.5) is 5.69 Å². The summed E-state index contributed by atoms with van der Waals surface area (Å²) in [5, 5.41) is 3.62. The third-order valence-corrected chi connectivity index (χ3v) is 9.13. The molecule has 2 atom stereocenters. The summed E-state index contributed by atoms with van der Waals surface area (Å²) >= 11 is 3.63. The highest BCUT2D eigenvalue weighted by molar-refractivity contribution is 9.10. The summed E-state index contributed by atoms with van der Waals surface area (Å²) < 4.78 is 13.5. The summed E-state index contributed by atoms with van der Waals surface area (Å²) in [6.45, 7) is 4.32. The van der Waals surface area contributed by atoms with Crippen LogP contribution in [0.1, 0.15) is 46.3 Å². The molecular weight excluding hydrogens is 652 g/mol. The second-order valence-corrected chi connectivity index (χ2v) is 12.5. The maximum Gasteiger partial charge on any atom is 0.327 e. The molecule has 0 saturated carbocycles. The third-order valence-electron chi connectivity index (χ3n) is 8.64. The number of aryl methyl sites for hydroxylation is 1. The minimum absolute atomic E-state index is 0.103. The molecule has 5 aromatic carbocycles. The van der Waals surface area contributed by atoms with Crippen LogP contribution in [0.25, 0.3) is 0 Å². The largest absolute Gasteiger partial charge is 0.465 e. The molecule has 1 aliphatic heterocycles. The number of rotatable bonds is 12. The number of hydrogen-bond acceptors (Lipinski definition) is 5. The first-order valence-electron chi connectivity index (χ1n) is 15.8. The standard InChI is InChI=1S/C40H37BrN2O4/c1-3-46-38(44)37(42-36(30-18-9-5-10-19-30)31-20-11-6-12-21-31)40(47-27-32-22-14-13-15-28(32)2)34-24-23-33(41)25-35(34)43(39(40)45)26-29-16-7-4-8-17-29/h4-25,36-37,42H,3,26-27H2,1-2H3/t37?,40-/m0/s1. The molecule has 1 N–H and O–H groups in total. The number of benzene rings is 5. The van der Waals surface area contributed by atoms with Gasteiger partial charge in [-0.1, -0.05) is 137 Å². The van der Waals surface area contributed by atoms with E-state index in [9.17, 15) is 4.79 Å². The van der Waals surface area contributed by atoms with Crippen LogP contribution in [-0.2, 0) is 37.8 Å². The molecule has 0 saturated heterocycles. The van der Waals surface area contributed by atoms with Gasteiger partial charge in [0, 0.05) is 10.0 Å². The van der Waals surface area contributed by atoms with Gasteiger partial charge in [-0.15, -0.1) is 0 Å². The number of hydrogen-bond donors (Lipinski definition) is 1. The lowest BCUT2D eigenvalue weighted by atomic mass is 9.85. The van der Waals surface area contributed by atoms with Crippen molar-refractivity contribution < 1.29 is 19.1 Å². The van der Waals surface area contributed by atoms with Crippen LogP contribution in [0.2, 0.25) is 0 Å². The number of esters is 1. The van der Waals surface area contributed by atoms with E-state index in [2.05, 4.69) is 21.2 Å². The van der Waals surface area contributed by atoms with E-state index in [0.717, 1.165) is 32.3 Å². The SMILES string of the molecule is CCOC(=O)C(NC(c1ccccc1)c1ccccc1)[C@]1(OCc2ccccc2C)C(=O)N(Cc2ccccc2)c2cc(Br)ccc21. The van der Waals surface area contributed by atoms with Gasteiger partial charge in [0.25, 0.3) is 5.91 Å². The molecule has 238 valence electrons. The molecule has 5 aromatic rings. The Balaban J connectivity index is 1.55. The monoisotopic (exact) mass is 688 g/mol. The van der Waals surface area contributed by atoms with E-state index in [1.165, 1.54) is 0 Å². The van der Waals surface area contributed by atoms with Gasteiger partial charge in [-0.3, -0.25) is 14.9 Å². The molecule has 0 aliphatic carbocycles. The molecule has 47 heavy (non-hydrogen) atoms. The topological polar surface area (TPSA) is 67.9 Å². The van der Waals surface area contributed by atoms with Crippen molar-refractivity contribution in [3.8, 4) is 0 Å². The summed E-state index contributed by atoms with van der Waals surface area (Å²) in [5.74, 6) is -0.911. The number of halogens is 1. The molecule has 0 fully saturated rings. The van der Waals surface area contributed by atoms with Crippen molar-refractivity contribution in [2.45, 2.75) is 44.7 Å². The van der Waals surface area contributed by atoms with Crippen molar-refractivity contribution in [1.29, 1.82) is 0 Å². The molecule has 1 unspecified atom stereocenters. The van der Waals surface area contributed by atoms with E-state index in [1.54, 1.807) is 11.8 Å². The Hall–Kier alpha value is -4.56. The van der Waals surface area contributed by atoms with Gasteiger partial charge >= 0.3 is 5.97 Å². The van der Waals surface area contributed by atoms with Gasteiger partial charge in [0.15, 0.2) is 5.60 Å². The minimum Gasteiger partial charge on any atom is -0.465 e. The van der Waals surface area contributed by atoms with E-state index < -0.39 is 23.7 Å². The van der Waals surface area contributed by atoms with Crippen LogP contribution in [-0.4, -0.2) is 24.5 Å². The minimum atomic E-state index is -1.76. The Morgan fingerprint density at radius 1 is 0.830 bits per heavy atom. The number of ether oxygens (including phenoxy) is 2. The Morgan fingerprint density at radius 2 is 1.43 bits per heavy atom. The van der Waals surface area contributed by atoms with E-state index in [-0.39, 0.29) is 19.1 Å². The Kier molecular flexibility index (Phi) is 9.97. The average molecular weight is 690 g/mol. The van der Waals surface area contributed by atoms with Crippen molar-refractivity contribution in [3.05, 3.63) is 171 Å². The fourth-order valence-electron chi connectivity index (χ4n) is 6.28. The van der Waals surface area contributed by atoms with E-state index in [4.69, 9.17) is 9.47 Å². The number of carbonyl (C=O) groups excluding carboxylic acids is 2. The molecule has 0 radical (unpaired) electrons. The van der Waals surface area contributed by atoms with Crippen LogP contribution in [0.5, 0.6) is 0 Å². The van der Waals surface area contributed by atoms with Crippen molar-refractivity contribution in [3.63, 3.8) is 0 Å². The van der Waals surface area contributed by atoms with Gasteiger partial charge in [0.2, 0.25) is 0 Å². The summed E-state index contributed by atoms with van der Waals surface area (Å²) in [7, 11) is 0. The number of nitrogens with one attached hydrogen (secondary N) is 1. The molecule has 6 nitrogen and oxygen atoms in total. The maximum absolute atomic E-state index is 15.2. The molecule has 0 spiro atoms. The van der Waals surface area contributed by atoms with Crippen LogP contribution < -0.4 is 10.2 Å². The quantitative estimate of drug-likeness (QED) is 0.135. The first-order chi connectivity index (χ1) is 22.9. The predicted molar refractivity (Wildman–Crippen MR) is 188 cm³/mol. The first-order valence-corrected chi connectivity index (χ1v) is 16.6. The van der Waals surface area contributed by atoms with Gasteiger partial charge in [-0.2, -0.15) is 0 Å². The lowest BCUT2D eigenvalue weighted by molar-refractivity contribution is -0.169. The van der Waals surface area contributed by atoms with Gasteiger partial charge in [-0.25, -0.2) is 0 Å². The van der Waals surface area contributed by atoms with Crippen molar-refractivity contribution in [1.82, 2.24) is 5.32 Å². The fourth-order valence-corrected chi connectivity index (χ4v) is 6.62. The zero-order valence-corrected chi connectivity index (χ0v) is 28.0. The number of amides is 1. The van der Waals surface area contributed by atoms with Crippen LogP contribution in [0.3, 0.4) is 0 Å². The van der Waals surface area contributed by atoms with Crippen LogP contribution in [0, 0.1) is 6.92 Å². The van der Waals surface area contributed by atoms with Crippen molar-refractivity contribution in [2.75, 3.05) is 11.5 Å². The summed E-state index contributed by atoms with van der Waals surface area (Å²) in [4.78, 5) is 31.3. The third kappa shape index (κ3) is 6.65. The van der Waals surface area contributed by atoms with Crippen LogP contribution >= 0.6 is 15.9 Å². The Bertz CT molecular complexity index is 1790. The molecule has 1 heterocycles. The second kappa shape index (κ2) is 14.5. The first kappa shape index (κ1) is 32.4. The van der Waals surface area contributed by atoms with E-state index >= 15 is 4.79 Å². The van der Waals surface area contributed by atoms with Gasteiger partial charge in [0.1, 0.15) is 6.04 Å². The summed E-state index contributed by atoms with van der Waals surface area (Å²) in [6, 6.07) is 41.6. The van der Waals surface area contributed by atoms with E-state index in [0.29, 0.717) is 17.8 Å². The highest BCUT2D eigenvalue weighted by Gasteiger charge is 2.60. The highest BCUT2D eigenvalue weighted by atomic mass is 79.9. The average Bonchev–Trinajstić information content (AvgIpc) is 3.32. The maximum atomic E-state index is 15.2. The smallest absolute Gasteiger partial charge is 0.327 e. The summed E-state index contributed by atoms with van der Waals surface area (Å²) in [5.41, 5.74) is 4.28. The van der Waals surface area contributed by atoms with E-state index in [1.807, 2.05) is 140 Å². The zero-order chi connectivity index (χ0) is 32.8. The normalized spacial score (nSPS) is 16.3. The number of anilines is 1. The van der Waals surface area contributed by atoms with Gasteiger partial charge < -0.3 is 14.4 Å². The fraction of sp³-hybridized carbons (Fsp3) is 0.200. The highest BCUT2D eigenvalue weighted by Crippen LogP contribution is 2.48. The second-order valence-electron chi connectivity index (χ2n) is 11.6. The number of nitrogens with zero attached hydrogens (tertiary/aromatic N) is 1. The molecule has 7 heteroatoms. The molecule has 0 bridgehead atoms. The summed E-state index contributed by atoms with van der Waals surface area (Å²) in [6.07, 6.45) is 0. The predicted octanol–water partition coefficient (Wildman–Crippen LogP) is 8.03.